The number of nitrogens with zero attached hydrogens (tertiary/aromatic N) is 1. The molecule has 0 saturated carbocycles. The van der Waals surface area contributed by atoms with E-state index in [0.717, 1.165) is 11.3 Å². The summed E-state index contributed by atoms with van der Waals surface area (Å²) < 4.78 is 19.2. The first-order valence-corrected chi connectivity index (χ1v) is 6.36. The van der Waals surface area contributed by atoms with Crippen molar-refractivity contribution in [3.8, 4) is 5.88 Å². The summed E-state index contributed by atoms with van der Waals surface area (Å²) in [6.45, 7) is 3.80. The molecule has 0 amide bonds. The van der Waals surface area contributed by atoms with Gasteiger partial charge in [-0.15, -0.1) is 0 Å². The molecule has 1 aromatic heterocycles. The topological polar surface area (TPSA) is 22.1 Å². The van der Waals surface area contributed by atoms with Crippen LogP contribution in [0.1, 0.15) is 29.7 Å². The van der Waals surface area contributed by atoms with Crippen molar-refractivity contribution in [1.82, 2.24) is 4.98 Å². The Balaban J connectivity index is 2.20. The Kier molecular flexibility index (Phi) is 4.15. The smallest absolute Gasteiger partial charge is 0.213 e. The third-order valence-corrected chi connectivity index (χ3v) is 3.26. The number of benzene rings is 1. The molecule has 0 aliphatic heterocycles. The highest BCUT2D eigenvalue weighted by Crippen LogP contribution is 2.24. The summed E-state index contributed by atoms with van der Waals surface area (Å²) in [5, 5.41) is 0. The van der Waals surface area contributed by atoms with E-state index in [2.05, 4.69) is 4.98 Å². The van der Waals surface area contributed by atoms with E-state index in [1.807, 2.05) is 31.2 Å². The van der Waals surface area contributed by atoms with E-state index < -0.39 is 0 Å². The van der Waals surface area contributed by atoms with Crippen molar-refractivity contribution in [2.24, 2.45) is 0 Å². The van der Waals surface area contributed by atoms with E-state index in [1.165, 1.54) is 0 Å². The molecule has 100 valence electrons. The maximum atomic E-state index is 14.1. The second-order valence-corrected chi connectivity index (χ2v) is 4.75. The molecule has 0 N–H and O–H groups in total. The Morgan fingerprint density at radius 3 is 2.68 bits per heavy atom. The summed E-state index contributed by atoms with van der Waals surface area (Å²) in [5.74, 6) is 0.562. The zero-order chi connectivity index (χ0) is 13.8. The second-order valence-electron chi connectivity index (χ2n) is 4.75. The van der Waals surface area contributed by atoms with Gasteiger partial charge in [0.2, 0.25) is 5.88 Å². The minimum absolute atomic E-state index is 0.0829. The number of halogens is 1. The quantitative estimate of drug-likeness (QED) is 0.831. The van der Waals surface area contributed by atoms with Crippen molar-refractivity contribution >= 4 is 0 Å². The van der Waals surface area contributed by atoms with E-state index >= 15 is 0 Å². The van der Waals surface area contributed by atoms with E-state index in [9.17, 15) is 4.39 Å². The van der Waals surface area contributed by atoms with Crippen LogP contribution < -0.4 is 4.74 Å². The number of pyridine rings is 1. The van der Waals surface area contributed by atoms with E-state index in [4.69, 9.17) is 4.74 Å². The molecule has 19 heavy (non-hydrogen) atoms. The molecule has 1 atom stereocenters. The highest BCUT2D eigenvalue weighted by Gasteiger charge is 2.13. The normalized spacial score (nSPS) is 12.2. The van der Waals surface area contributed by atoms with E-state index in [1.54, 1.807) is 26.2 Å². The third kappa shape index (κ3) is 3.11. The summed E-state index contributed by atoms with van der Waals surface area (Å²) in [4.78, 5) is 4.36. The van der Waals surface area contributed by atoms with Gasteiger partial charge < -0.3 is 4.74 Å². The summed E-state index contributed by atoms with van der Waals surface area (Å²) in [6, 6.07) is 11.2. The summed E-state index contributed by atoms with van der Waals surface area (Å²) in [6.07, 6.45) is 0.692. The maximum Gasteiger partial charge on any atom is 0.213 e. The van der Waals surface area contributed by atoms with Gasteiger partial charge in [-0.3, -0.25) is 0 Å². The van der Waals surface area contributed by atoms with Crippen LogP contribution in [0.4, 0.5) is 4.39 Å². The second kappa shape index (κ2) is 5.83. The summed E-state index contributed by atoms with van der Waals surface area (Å²) in [7, 11) is 1.59. The molecule has 0 bridgehead atoms. The van der Waals surface area contributed by atoms with Crippen molar-refractivity contribution in [3.63, 3.8) is 0 Å². The van der Waals surface area contributed by atoms with Crippen molar-refractivity contribution in [2.45, 2.75) is 26.2 Å². The zero-order valence-corrected chi connectivity index (χ0v) is 11.5. The Bertz CT molecular complexity index is 568. The van der Waals surface area contributed by atoms with Crippen LogP contribution >= 0.6 is 0 Å². The fraction of sp³-hybridized carbons (Fsp3) is 0.312. The Hall–Kier alpha value is -1.90. The van der Waals surface area contributed by atoms with Gasteiger partial charge in [-0.05, 0) is 36.5 Å². The molecule has 0 aliphatic carbocycles. The molecule has 0 aliphatic rings. The number of rotatable bonds is 4. The van der Waals surface area contributed by atoms with Crippen LogP contribution in [0.15, 0.2) is 36.4 Å². The number of ether oxygens (including phenoxy) is 1. The molecule has 2 nitrogen and oxygen atoms in total. The SMILES string of the molecule is COc1cccc(CC(C)c2cccc(C)c2F)n1. The van der Waals surface area contributed by atoms with Crippen LogP contribution in [0.5, 0.6) is 5.88 Å². The minimum atomic E-state index is -0.113. The number of methoxy groups -OCH3 is 1. The predicted molar refractivity (Wildman–Crippen MR) is 74.0 cm³/mol. The molecule has 0 fully saturated rings. The molecule has 2 rings (SSSR count). The van der Waals surface area contributed by atoms with Gasteiger partial charge in [0, 0.05) is 11.8 Å². The first-order valence-electron chi connectivity index (χ1n) is 6.36. The Morgan fingerprint density at radius 1 is 1.21 bits per heavy atom. The monoisotopic (exact) mass is 259 g/mol. The van der Waals surface area contributed by atoms with Crippen LogP contribution in [-0.4, -0.2) is 12.1 Å². The standard InChI is InChI=1S/C16H18FNO/c1-11-6-4-8-14(16(11)17)12(2)10-13-7-5-9-15(18-13)19-3/h4-9,12H,10H2,1-3H3. The largest absolute Gasteiger partial charge is 0.481 e. The van der Waals surface area contributed by atoms with Crippen LogP contribution in [-0.2, 0) is 6.42 Å². The van der Waals surface area contributed by atoms with Crippen LogP contribution in [0.2, 0.25) is 0 Å². The Labute approximate surface area is 113 Å². The van der Waals surface area contributed by atoms with Crippen molar-refractivity contribution in [3.05, 3.63) is 59.0 Å². The lowest BCUT2D eigenvalue weighted by Gasteiger charge is -2.14. The van der Waals surface area contributed by atoms with Gasteiger partial charge in [-0.1, -0.05) is 31.2 Å². The Morgan fingerprint density at radius 2 is 1.95 bits per heavy atom. The van der Waals surface area contributed by atoms with Crippen molar-refractivity contribution < 1.29 is 9.13 Å². The van der Waals surface area contributed by atoms with Crippen molar-refractivity contribution in [1.29, 1.82) is 0 Å². The van der Waals surface area contributed by atoms with Gasteiger partial charge >= 0.3 is 0 Å². The first-order chi connectivity index (χ1) is 9.11. The molecule has 2 aromatic rings. The average molecular weight is 259 g/mol. The molecule has 1 aromatic carbocycles. The number of hydrogen-bond donors (Lipinski definition) is 0. The highest BCUT2D eigenvalue weighted by atomic mass is 19.1. The number of aryl methyl sites for hydroxylation is 1. The molecule has 1 unspecified atom stereocenters. The number of aromatic nitrogens is 1. The van der Waals surface area contributed by atoms with Gasteiger partial charge in [-0.2, -0.15) is 0 Å². The number of hydrogen-bond acceptors (Lipinski definition) is 2. The van der Waals surface area contributed by atoms with E-state index in [-0.39, 0.29) is 11.7 Å². The van der Waals surface area contributed by atoms with Crippen molar-refractivity contribution in [2.75, 3.05) is 7.11 Å². The molecular formula is C16H18FNO. The van der Waals surface area contributed by atoms with Crippen LogP contribution in [0.3, 0.4) is 0 Å². The molecule has 1 heterocycles. The summed E-state index contributed by atoms with van der Waals surface area (Å²) in [5.41, 5.74) is 2.33. The molecule has 0 saturated heterocycles. The lowest BCUT2D eigenvalue weighted by atomic mass is 9.94. The molecular weight excluding hydrogens is 241 g/mol. The van der Waals surface area contributed by atoms with Gasteiger partial charge in [0.05, 0.1) is 7.11 Å². The van der Waals surface area contributed by atoms with Gasteiger partial charge in [-0.25, -0.2) is 9.37 Å². The van der Waals surface area contributed by atoms with Gasteiger partial charge in [0.25, 0.3) is 0 Å². The van der Waals surface area contributed by atoms with Gasteiger partial charge in [0.1, 0.15) is 5.82 Å². The highest BCUT2D eigenvalue weighted by molar-refractivity contribution is 5.29. The van der Waals surface area contributed by atoms with Crippen LogP contribution in [0.25, 0.3) is 0 Å². The fourth-order valence-electron chi connectivity index (χ4n) is 2.16. The third-order valence-electron chi connectivity index (χ3n) is 3.26. The zero-order valence-electron chi connectivity index (χ0n) is 11.5. The molecule has 3 heteroatoms. The first kappa shape index (κ1) is 13.5. The van der Waals surface area contributed by atoms with Gasteiger partial charge in [0.15, 0.2) is 0 Å². The fourth-order valence-corrected chi connectivity index (χ4v) is 2.16. The minimum Gasteiger partial charge on any atom is -0.481 e. The summed E-state index contributed by atoms with van der Waals surface area (Å²) >= 11 is 0. The van der Waals surface area contributed by atoms with E-state index in [0.29, 0.717) is 17.9 Å². The lowest BCUT2D eigenvalue weighted by molar-refractivity contribution is 0.396. The maximum absolute atomic E-state index is 14.1. The average Bonchev–Trinajstić information content (AvgIpc) is 2.42. The molecule has 0 radical (unpaired) electrons. The predicted octanol–water partition coefficient (Wildman–Crippen LogP) is 3.88. The molecule has 0 spiro atoms. The lowest BCUT2D eigenvalue weighted by Crippen LogP contribution is -2.04. The van der Waals surface area contributed by atoms with Crippen LogP contribution in [0, 0.1) is 12.7 Å².